The van der Waals surface area contributed by atoms with Crippen molar-refractivity contribution in [3.8, 4) is 0 Å². The molecule has 1 nitrogen and oxygen atoms in total. The number of hydrogen-bond donors (Lipinski definition) is 1. The molecular formula is C15H17NS. The van der Waals surface area contributed by atoms with E-state index in [9.17, 15) is 0 Å². The molecule has 2 aromatic rings. The predicted octanol–water partition coefficient (Wildman–Crippen LogP) is 3.25. The monoisotopic (exact) mass is 243 g/mol. The van der Waals surface area contributed by atoms with Gasteiger partial charge < -0.3 is 5.32 Å². The van der Waals surface area contributed by atoms with Crippen LogP contribution in [0.15, 0.2) is 41.8 Å². The number of rotatable bonds is 4. The van der Waals surface area contributed by atoms with E-state index in [2.05, 4.69) is 47.1 Å². The van der Waals surface area contributed by atoms with Gasteiger partial charge in [0.1, 0.15) is 0 Å². The molecule has 1 heterocycles. The standard InChI is InChI=1S/C15H17NS/c1-2-5-14-9-12(8-13(14)4-1)10-16-11-15-6-3-7-17-15/h1-7,12,16H,8-11H2. The Labute approximate surface area is 106 Å². The molecule has 0 bridgehead atoms. The molecule has 1 aliphatic rings. The van der Waals surface area contributed by atoms with Crippen LogP contribution in [0, 0.1) is 5.92 Å². The third kappa shape index (κ3) is 2.59. The van der Waals surface area contributed by atoms with E-state index >= 15 is 0 Å². The third-order valence-electron chi connectivity index (χ3n) is 3.45. The molecule has 1 aromatic heterocycles. The predicted molar refractivity (Wildman–Crippen MR) is 73.4 cm³/mol. The number of fused-ring (bicyclic) bond motifs is 1. The Kier molecular flexibility index (Phi) is 3.25. The van der Waals surface area contributed by atoms with Gasteiger partial charge >= 0.3 is 0 Å². The second kappa shape index (κ2) is 5.03. The molecule has 0 unspecified atom stereocenters. The van der Waals surface area contributed by atoms with E-state index in [1.807, 2.05) is 11.3 Å². The third-order valence-corrected chi connectivity index (χ3v) is 4.32. The molecule has 0 radical (unpaired) electrons. The summed E-state index contributed by atoms with van der Waals surface area (Å²) in [6, 6.07) is 13.2. The van der Waals surface area contributed by atoms with Crippen molar-refractivity contribution in [3.63, 3.8) is 0 Å². The number of hydrogen-bond acceptors (Lipinski definition) is 2. The van der Waals surface area contributed by atoms with Crippen molar-refractivity contribution in [2.24, 2.45) is 5.92 Å². The largest absolute Gasteiger partial charge is 0.312 e. The fourth-order valence-electron chi connectivity index (χ4n) is 2.61. The van der Waals surface area contributed by atoms with Crippen molar-refractivity contribution in [3.05, 3.63) is 57.8 Å². The van der Waals surface area contributed by atoms with Gasteiger partial charge in [-0.1, -0.05) is 30.3 Å². The fraction of sp³-hybridized carbons (Fsp3) is 0.333. The van der Waals surface area contributed by atoms with Crippen LogP contribution in [0.1, 0.15) is 16.0 Å². The van der Waals surface area contributed by atoms with Gasteiger partial charge in [-0.15, -0.1) is 11.3 Å². The van der Waals surface area contributed by atoms with E-state index in [0.717, 1.165) is 19.0 Å². The van der Waals surface area contributed by atoms with Crippen LogP contribution in [0.2, 0.25) is 0 Å². The van der Waals surface area contributed by atoms with Gasteiger partial charge in [0.15, 0.2) is 0 Å². The summed E-state index contributed by atoms with van der Waals surface area (Å²) < 4.78 is 0. The zero-order chi connectivity index (χ0) is 11.5. The maximum Gasteiger partial charge on any atom is 0.0299 e. The summed E-state index contributed by atoms with van der Waals surface area (Å²) in [7, 11) is 0. The first-order chi connectivity index (χ1) is 8.42. The van der Waals surface area contributed by atoms with E-state index in [0.29, 0.717) is 0 Å². The average Bonchev–Trinajstić information content (AvgIpc) is 2.96. The molecule has 0 aliphatic heterocycles. The molecule has 0 saturated heterocycles. The molecule has 1 aliphatic carbocycles. The maximum absolute atomic E-state index is 3.57. The van der Waals surface area contributed by atoms with Gasteiger partial charge in [0.2, 0.25) is 0 Å². The van der Waals surface area contributed by atoms with E-state index in [4.69, 9.17) is 0 Å². The molecule has 0 saturated carbocycles. The zero-order valence-corrected chi connectivity index (χ0v) is 10.7. The molecule has 0 amide bonds. The minimum atomic E-state index is 0.785. The lowest BCUT2D eigenvalue weighted by Gasteiger charge is -2.09. The van der Waals surface area contributed by atoms with Crippen LogP contribution in [0.5, 0.6) is 0 Å². The van der Waals surface area contributed by atoms with Crippen LogP contribution >= 0.6 is 11.3 Å². The van der Waals surface area contributed by atoms with Gasteiger partial charge in [0, 0.05) is 11.4 Å². The summed E-state index contributed by atoms with van der Waals surface area (Å²) in [5.41, 5.74) is 3.10. The summed E-state index contributed by atoms with van der Waals surface area (Å²) in [4.78, 5) is 1.43. The van der Waals surface area contributed by atoms with E-state index in [1.54, 1.807) is 11.1 Å². The Morgan fingerprint density at radius 1 is 1.06 bits per heavy atom. The smallest absolute Gasteiger partial charge is 0.0299 e. The zero-order valence-electron chi connectivity index (χ0n) is 9.86. The highest BCUT2D eigenvalue weighted by Gasteiger charge is 2.20. The van der Waals surface area contributed by atoms with Crippen LogP contribution in [0.25, 0.3) is 0 Å². The molecular weight excluding hydrogens is 226 g/mol. The Bertz CT molecular complexity index is 450. The first-order valence-corrected chi connectivity index (χ1v) is 7.09. The van der Waals surface area contributed by atoms with Crippen molar-refractivity contribution < 1.29 is 0 Å². The molecule has 1 aromatic carbocycles. The second-order valence-corrected chi connectivity index (χ2v) is 5.79. The Balaban J connectivity index is 1.49. The minimum absolute atomic E-state index is 0.785. The minimum Gasteiger partial charge on any atom is -0.312 e. The summed E-state index contributed by atoms with van der Waals surface area (Å²) >= 11 is 1.83. The summed E-state index contributed by atoms with van der Waals surface area (Å²) in [6.07, 6.45) is 2.49. The van der Waals surface area contributed by atoms with Gasteiger partial charge in [0.05, 0.1) is 0 Å². The van der Waals surface area contributed by atoms with Gasteiger partial charge in [0.25, 0.3) is 0 Å². The summed E-state index contributed by atoms with van der Waals surface area (Å²) in [5, 5.41) is 5.72. The SMILES string of the molecule is c1csc(CNCC2Cc3ccccc3C2)c1. The van der Waals surface area contributed by atoms with Crippen LogP contribution in [-0.4, -0.2) is 6.54 Å². The first-order valence-electron chi connectivity index (χ1n) is 6.22. The van der Waals surface area contributed by atoms with Crippen molar-refractivity contribution in [1.82, 2.24) is 5.32 Å². The maximum atomic E-state index is 3.57. The van der Waals surface area contributed by atoms with Crippen molar-refractivity contribution in [2.45, 2.75) is 19.4 Å². The van der Waals surface area contributed by atoms with E-state index in [-0.39, 0.29) is 0 Å². The lowest BCUT2D eigenvalue weighted by atomic mass is 10.1. The molecule has 0 atom stereocenters. The quantitative estimate of drug-likeness (QED) is 0.869. The average molecular weight is 243 g/mol. The van der Waals surface area contributed by atoms with Gasteiger partial charge in [-0.2, -0.15) is 0 Å². The van der Waals surface area contributed by atoms with Crippen LogP contribution in [0.4, 0.5) is 0 Å². The highest BCUT2D eigenvalue weighted by Crippen LogP contribution is 2.25. The summed E-state index contributed by atoms with van der Waals surface area (Å²) in [5.74, 6) is 0.785. The van der Waals surface area contributed by atoms with Gasteiger partial charge in [-0.25, -0.2) is 0 Å². The molecule has 2 heteroatoms. The van der Waals surface area contributed by atoms with Gasteiger partial charge in [-0.05, 0) is 47.9 Å². The highest BCUT2D eigenvalue weighted by molar-refractivity contribution is 7.09. The van der Waals surface area contributed by atoms with Crippen LogP contribution in [0.3, 0.4) is 0 Å². The van der Waals surface area contributed by atoms with Crippen molar-refractivity contribution >= 4 is 11.3 Å². The normalized spacial score (nSPS) is 15.1. The van der Waals surface area contributed by atoms with E-state index < -0.39 is 0 Å². The number of benzene rings is 1. The second-order valence-electron chi connectivity index (χ2n) is 4.75. The van der Waals surface area contributed by atoms with Crippen LogP contribution in [-0.2, 0) is 19.4 Å². The van der Waals surface area contributed by atoms with Gasteiger partial charge in [-0.3, -0.25) is 0 Å². The molecule has 0 spiro atoms. The highest BCUT2D eigenvalue weighted by atomic mass is 32.1. The summed E-state index contributed by atoms with van der Waals surface area (Å²) in [6.45, 7) is 2.15. The number of thiophene rings is 1. The Morgan fingerprint density at radius 3 is 2.47 bits per heavy atom. The lowest BCUT2D eigenvalue weighted by Crippen LogP contribution is -2.22. The molecule has 0 fully saturated rings. The molecule has 3 rings (SSSR count). The fourth-order valence-corrected chi connectivity index (χ4v) is 3.28. The Morgan fingerprint density at radius 2 is 1.82 bits per heavy atom. The first kappa shape index (κ1) is 11.0. The van der Waals surface area contributed by atoms with E-state index in [1.165, 1.54) is 17.7 Å². The molecule has 17 heavy (non-hydrogen) atoms. The van der Waals surface area contributed by atoms with Crippen molar-refractivity contribution in [2.75, 3.05) is 6.54 Å². The topological polar surface area (TPSA) is 12.0 Å². The van der Waals surface area contributed by atoms with Crippen molar-refractivity contribution in [1.29, 1.82) is 0 Å². The number of nitrogens with one attached hydrogen (secondary N) is 1. The lowest BCUT2D eigenvalue weighted by molar-refractivity contribution is 0.499. The Hall–Kier alpha value is -1.12. The molecule has 1 N–H and O–H groups in total. The van der Waals surface area contributed by atoms with Crippen LogP contribution < -0.4 is 5.32 Å². The molecule has 88 valence electrons.